The van der Waals surface area contributed by atoms with E-state index in [1.807, 2.05) is 30.3 Å². The molecule has 0 N–H and O–H groups in total. The number of hydrogen-bond donors (Lipinski definition) is 0. The molecule has 208 valence electrons. The zero-order valence-electron chi connectivity index (χ0n) is 23.6. The molecule has 0 radical (unpaired) electrons. The first kappa shape index (κ1) is 25.1. The summed E-state index contributed by atoms with van der Waals surface area (Å²) in [5.41, 5.74) is 6.17. The van der Waals surface area contributed by atoms with Crippen LogP contribution in [0.15, 0.2) is 132 Å². The third-order valence-corrected chi connectivity index (χ3v) is 9.62. The lowest BCUT2D eigenvalue weighted by molar-refractivity contribution is 0.567. The Bertz CT molecular complexity index is 2480. The summed E-state index contributed by atoms with van der Waals surface area (Å²) in [5, 5.41) is 4.71. The third kappa shape index (κ3) is 4.08. The van der Waals surface area contributed by atoms with Gasteiger partial charge in [-0.05, 0) is 41.8 Å². The Balaban J connectivity index is 1.29. The predicted molar refractivity (Wildman–Crippen MR) is 180 cm³/mol. The van der Waals surface area contributed by atoms with Crippen LogP contribution in [0.5, 0.6) is 0 Å². The fourth-order valence-electron chi connectivity index (χ4n) is 6.48. The molecule has 4 nitrogen and oxygen atoms in total. The molecule has 1 unspecified atom stereocenters. The lowest BCUT2D eigenvalue weighted by Gasteiger charge is -2.19. The Morgan fingerprint density at radius 3 is 2.11 bits per heavy atom. The van der Waals surface area contributed by atoms with Crippen LogP contribution in [0.3, 0.4) is 0 Å². The van der Waals surface area contributed by atoms with E-state index in [4.69, 9.17) is 19.4 Å². The fraction of sp³-hybridized carbons (Fsp3) is 0.0513. The van der Waals surface area contributed by atoms with Crippen molar-refractivity contribution in [3.05, 3.63) is 149 Å². The van der Waals surface area contributed by atoms with Crippen LogP contribution in [0.4, 0.5) is 0 Å². The largest absolute Gasteiger partial charge is 0.456 e. The molecule has 0 aliphatic heterocycles. The third-order valence-electron chi connectivity index (χ3n) is 8.48. The normalized spacial score (nSPS) is 14.6. The van der Waals surface area contributed by atoms with Crippen LogP contribution in [0.25, 0.3) is 65.6 Å². The van der Waals surface area contributed by atoms with Gasteiger partial charge in [0.25, 0.3) is 0 Å². The molecule has 0 amide bonds. The quantitative estimate of drug-likeness (QED) is 0.209. The fourth-order valence-corrected chi connectivity index (χ4v) is 7.61. The molecule has 0 bridgehead atoms. The molecular weight excluding hydrogens is 559 g/mol. The van der Waals surface area contributed by atoms with Gasteiger partial charge in [0.15, 0.2) is 11.6 Å². The highest BCUT2D eigenvalue weighted by atomic mass is 32.1. The number of furan rings is 1. The number of para-hydroxylation sites is 1. The van der Waals surface area contributed by atoms with E-state index < -0.39 is 0 Å². The molecule has 0 saturated carbocycles. The van der Waals surface area contributed by atoms with E-state index >= 15 is 0 Å². The Hall–Kier alpha value is -5.39. The first-order valence-electron chi connectivity index (χ1n) is 14.8. The van der Waals surface area contributed by atoms with Crippen molar-refractivity contribution >= 4 is 54.1 Å². The number of rotatable bonds is 4. The maximum atomic E-state index is 6.47. The lowest BCUT2D eigenvalue weighted by Crippen LogP contribution is -2.29. The molecule has 8 aromatic rings. The second kappa shape index (κ2) is 10.1. The standard InChI is InChI=1S/C39H25N3OS/c1-3-12-24(13-4-1)30-22-26(23-32-35(30)27-16-7-9-19-31(27)43-32)38-40-37(25-14-5-2-6-15-25)41-39(42-38)29-18-11-21-34-36(29)28-17-8-10-20-33(28)44-34/h1-21,23,26H,22H2. The Morgan fingerprint density at radius 2 is 1.27 bits per heavy atom. The van der Waals surface area contributed by atoms with Gasteiger partial charge in [-0.3, -0.25) is 0 Å². The Morgan fingerprint density at radius 1 is 0.591 bits per heavy atom. The number of aromatic nitrogens is 3. The van der Waals surface area contributed by atoms with E-state index in [2.05, 4.69) is 103 Å². The molecule has 3 heterocycles. The van der Waals surface area contributed by atoms with E-state index in [-0.39, 0.29) is 5.92 Å². The smallest absolute Gasteiger partial charge is 0.164 e. The molecule has 5 heteroatoms. The van der Waals surface area contributed by atoms with E-state index in [9.17, 15) is 0 Å². The summed E-state index contributed by atoms with van der Waals surface area (Å²) in [7, 11) is 0. The van der Waals surface area contributed by atoms with Crippen molar-refractivity contribution in [2.75, 3.05) is 0 Å². The van der Waals surface area contributed by atoms with Gasteiger partial charge in [0, 0.05) is 47.8 Å². The SMILES string of the molecule is C1=c2oc3ccccc3c2=C(c2ccccc2)CC1c1nc(-c2ccccc2)nc(-c2cccc3sc4ccccc4c23)n1. The molecule has 44 heavy (non-hydrogen) atoms. The van der Waals surface area contributed by atoms with Crippen molar-refractivity contribution in [1.29, 1.82) is 0 Å². The minimum absolute atomic E-state index is 0.0964. The summed E-state index contributed by atoms with van der Waals surface area (Å²) in [4.78, 5) is 15.5. The number of hydrogen-bond acceptors (Lipinski definition) is 5. The summed E-state index contributed by atoms with van der Waals surface area (Å²) in [5.74, 6) is 2.01. The van der Waals surface area contributed by atoms with Crippen LogP contribution in [-0.2, 0) is 0 Å². The van der Waals surface area contributed by atoms with Gasteiger partial charge in [0.2, 0.25) is 0 Å². The zero-order chi connectivity index (χ0) is 29.0. The van der Waals surface area contributed by atoms with Crippen molar-refractivity contribution in [2.45, 2.75) is 12.3 Å². The zero-order valence-corrected chi connectivity index (χ0v) is 24.5. The maximum absolute atomic E-state index is 6.47. The molecular formula is C39H25N3OS. The molecule has 0 spiro atoms. The van der Waals surface area contributed by atoms with Crippen LogP contribution >= 0.6 is 11.3 Å². The van der Waals surface area contributed by atoms with Gasteiger partial charge < -0.3 is 4.42 Å². The van der Waals surface area contributed by atoms with Crippen molar-refractivity contribution in [1.82, 2.24) is 15.0 Å². The molecule has 1 atom stereocenters. The van der Waals surface area contributed by atoms with Crippen molar-refractivity contribution < 1.29 is 4.42 Å². The minimum atomic E-state index is -0.0964. The number of thiophene rings is 1. The van der Waals surface area contributed by atoms with E-state index in [1.54, 1.807) is 11.3 Å². The van der Waals surface area contributed by atoms with Crippen LogP contribution in [0.2, 0.25) is 0 Å². The second-order valence-electron chi connectivity index (χ2n) is 11.1. The highest BCUT2D eigenvalue weighted by molar-refractivity contribution is 7.25. The Labute approximate surface area is 257 Å². The first-order valence-corrected chi connectivity index (χ1v) is 15.6. The van der Waals surface area contributed by atoms with E-state index in [0.717, 1.165) is 45.0 Å². The summed E-state index contributed by atoms with van der Waals surface area (Å²) >= 11 is 1.80. The number of fused-ring (bicyclic) bond motifs is 6. The van der Waals surface area contributed by atoms with Crippen molar-refractivity contribution in [3.8, 4) is 22.8 Å². The minimum Gasteiger partial charge on any atom is -0.456 e. The summed E-state index contributed by atoms with van der Waals surface area (Å²) in [6, 6.07) is 44.1. The van der Waals surface area contributed by atoms with Crippen molar-refractivity contribution in [2.24, 2.45) is 0 Å². The van der Waals surface area contributed by atoms with Gasteiger partial charge in [0.05, 0.1) is 0 Å². The molecule has 5 aromatic carbocycles. The molecule has 0 fully saturated rings. The van der Waals surface area contributed by atoms with Crippen LogP contribution in [0, 0.1) is 0 Å². The summed E-state index contributed by atoms with van der Waals surface area (Å²) in [6.07, 6.45) is 2.96. The topological polar surface area (TPSA) is 51.8 Å². The first-order chi connectivity index (χ1) is 21.8. The monoisotopic (exact) mass is 583 g/mol. The predicted octanol–water partition coefficient (Wildman–Crippen LogP) is 8.49. The highest BCUT2D eigenvalue weighted by Crippen LogP contribution is 2.40. The average Bonchev–Trinajstić information content (AvgIpc) is 3.67. The Kier molecular flexibility index (Phi) is 5.78. The second-order valence-corrected chi connectivity index (χ2v) is 12.2. The summed E-state index contributed by atoms with van der Waals surface area (Å²) in [6.45, 7) is 0. The highest BCUT2D eigenvalue weighted by Gasteiger charge is 2.25. The maximum Gasteiger partial charge on any atom is 0.164 e. The van der Waals surface area contributed by atoms with Crippen molar-refractivity contribution in [3.63, 3.8) is 0 Å². The van der Waals surface area contributed by atoms with Gasteiger partial charge in [-0.2, -0.15) is 0 Å². The van der Waals surface area contributed by atoms with Gasteiger partial charge in [-0.15, -0.1) is 11.3 Å². The van der Waals surface area contributed by atoms with E-state index in [0.29, 0.717) is 11.6 Å². The van der Waals surface area contributed by atoms with Crippen LogP contribution in [-0.4, -0.2) is 15.0 Å². The molecule has 9 rings (SSSR count). The van der Waals surface area contributed by atoms with Gasteiger partial charge in [-0.1, -0.05) is 109 Å². The lowest BCUT2D eigenvalue weighted by atomic mass is 9.88. The molecule has 3 aromatic heterocycles. The van der Waals surface area contributed by atoms with Gasteiger partial charge in [-0.25, -0.2) is 15.0 Å². The molecule has 1 aliphatic carbocycles. The van der Waals surface area contributed by atoms with E-state index in [1.165, 1.54) is 31.3 Å². The number of benzene rings is 5. The summed E-state index contributed by atoms with van der Waals surface area (Å²) < 4.78 is 8.95. The molecule has 1 aliphatic rings. The van der Waals surface area contributed by atoms with Gasteiger partial charge >= 0.3 is 0 Å². The average molecular weight is 584 g/mol. The van der Waals surface area contributed by atoms with Crippen LogP contribution in [0.1, 0.15) is 23.7 Å². The van der Waals surface area contributed by atoms with Crippen LogP contribution < -0.4 is 10.6 Å². The van der Waals surface area contributed by atoms with Gasteiger partial charge in [0.1, 0.15) is 16.8 Å². The number of nitrogens with zero attached hydrogens (tertiary/aromatic N) is 3. The molecule has 0 saturated heterocycles.